The van der Waals surface area contributed by atoms with Gasteiger partial charge < -0.3 is 15.3 Å². The number of nitrogens with one attached hydrogen (secondary N) is 1. The van der Waals surface area contributed by atoms with Crippen LogP contribution in [0.4, 0.5) is 19.3 Å². The Morgan fingerprint density at radius 1 is 1.31 bits per heavy atom. The van der Waals surface area contributed by atoms with E-state index in [9.17, 15) is 13.6 Å². The summed E-state index contributed by atoms with van der Waals surface area (Å²) in [7, 11) is 0. The second-order valence-corrected chi connectivity index (χ2v) is 7.66. The molecule has 1 saturated heterocycles. The molecule has 2 aliphatic rings. The van der Waals surface area contributed by atoms with Crippen LogP contribution in [0.2, 0.25) is 10.0 Å². The van der Waals surface area contributed by atoms with E-state index < -0.39 is 23.8 Å². The van der Waals surface area contributed by atoms with Crippen LogP contribution >= 0.6 is 23.2 Å². The predicted octanol–water partition coefficient (Wildman–Crippen LogP) is 4.30. The average Bonchev–Trinajstić information content (AvgIpc) is 3.00. The molecule has 0 spiro atoms. The highest BCUT2D eigenvalue weighted by molar-refractivity contribution is 6.42. The van der Waals surface area contributed by atoms with Crippen molar-refractivity contribution in [3.63, 3.8) is 0 Å². The van der Waals surface area contributed by atoms with Gasteiger partial charge in [0.2, 0.25) is 5.95 Å². The van der Waals surface area contributed by atoms with E-state index in [4.69, 9.17) is 28.3 Å². The fourth-order valence-corrected chi connectivity index (χ4v) is 4.37. The summed E-state index contributed by atoms with van der Waals surface area (Å²) in [6.07, 6.45) is 2.88. The van der Waals surface area contributed by atoms with E-state index in [1.54, 1.807) is 4.90 Å². The molecular formula is C20H15Cl2F2N3O2. The Morgan fingerprint density at radius 2 is 2.07 bits per heavy atom. The summed E-state index contributed by atoms with van der Waals surface area (Å²) in [5.74, 6) is 4.04. The van der Waals surface area contributed by atoms with Gasteiger partial charge in [-0.3, -0.25) is 0 Å². The third-order valence-electron chi connectivity index (χ3n) is 5.23. The second-order valence-electron chi connectivity index (χ2n) is 6.85. The number of aromatic nitrogens is 1. The van der Waals surface area contributed by atoms with E-state index in [0.29, 0.717) is 29.5 Å². The molecule has 5 nitrogen and oxygen atoms in total. The minimum atomic E-state index is -0.706. The van der Waals surface area contributed by atoms with E-state index >= 15 is 0 Å². The van der Waals surface area contributed by atoms with Crippen molar-refractivity contribution in [2.45, 2.75) is 31.3 Å². The normalized spacial score (nSPS) is 19.4. The van der Waals surface area contributed by atoms with Crippen molar-refractivity contribution in [3.05, 3.63) is 56.8 Å². The number of hydrogen-bond donors (Lipinski definition) is 2. The Kier molecular flexibility index (Phi) is 5.34. The van der Waals surface area contributed by atoms with Gasteiger partial charge in [-0.2, -0.15) is 4.39 Å². The molecule has 1 aromatic carbocycles. The molecule has 2 amide bonds. The van der Waals surface area contributed by atoms with Crippen LogP contribution in [0.15, 0.2) is 18.3 Å². The summed E-state index contributed by atoms with van der Waals surface area (Å²) in [5.41, 5.74) is 1.42. The number of benzene rings is 1. The van der Waals surface area contributed by atoms with Gasteiger partial charge in [-0.05, 0) is 37.0 Å². The zero-order valence-electron chi connectivity index (χ0n) is 15.0. The Morgan fingerprint density at radius 3 is 2.83 bits per heavy atom. The fourth-order valence-electron chi connectivity index (χ4n) is 4.06. The van der Waals surface area contributed by atoms with Crippen LogP contribution in [0.5, 0.6) is 0 Å². The Hall–Kier alpha value is -2.40. The highest BCUT2D eigenvalue weighted by Gasteiger charge is 2.45. The number of amides is 2. The van der Waals surface area contributed by atoms with Crippen LogP contribution in [-0.4, -0.2) is 33.7 Å². The molecule has 2 atom stereocenters. The summed E-state index contributed by atoms with van der Waals surface area (Å²) in [4.78, 5) is 18.3. The lowest BCUT2D eigenvalue weighted by Crippen LogP contribution is -2.45. The molecule has 1 fully saturated rings. The minimum absolute atomic E-state index is 0.0456. The maximum absolute atomic E-state index is 14.4. The molecule has 1 unspecified atom stereocenters. The van der Waals surface area contributed by atoms with Gasteiger partial charge in [0.1, 0.15) is 12.4 Å². The van der Waals surface area contributed by atoms with Crippen molar-refractivity contribution in [1.29, 1.82) is 0 Å². The first-order valence-electron chi connectivity index (χ1n) is 8.91. The van der Waals surface area contributed by atoms with E-state index in [1.807, 2.05) is 0 Å². The number of aliphatic hydroxyl groups excluding tert-OH is 1. The van der Waals surface area contributed by atoms with Crippen LogP contribution in [0, 0.1) is 23.6 Å². The number of carbonyl (C=O) groups excluding carboxylic acids is 1. The number of hydrogen-bond acceptors (Lipinski definition) is 3. The van der Waals surface area contributed by atoms with E-state index in [-0.39, 0.29) is 34.8 Å². The first kappa shape index (κ1) is 19.9. The lowest BCUT2D eigenvalue weighted by Gasteiger charge is -2.36. The van der Waals surface area contributed by atoms with Gasteiger partial charge in [0, 0.05) is 23.4 Å². The van der Waals surface area contributed by atoms with Gasteiger partial charge in [-0.25, -0.2) is 14.2 Å². The van der Waals surface area contributed by atoms with Crippen LogP contribution in [0.3, 0.4) is 0 Å². The lowest BCUT2D eigenvalue weighted by molar-refractivity contribution is 0.178. The molecule has 1 aromatic heterocycles. The molecule has 3 heterocycles. The van der Waals surface area contributed by atoms with E-state index in [2.05, 4.69) is 22.1 Å². The molecule has 0 radical (unpaired) electrons. The average molecular weight is 438 g/mol. The third-order valence-corrected chi connectivity index (χ3v) is 5.96. The van der Waals surface area contributed by atoms with Crippen LogP contribution in [0.1, 0.15) is 35.6 Å². The van der Waals surface area contributed by atoms with Gasteiger partial charge >= 0.3 is 6.03 Å². The minimum Gasteiger partial charge on any atom is -0.384 e. The molecule has 4 rings (SSSR count). The van der Waals surface area contributed by atoms with Gasteiger partial charge in [0.25, 0.3) is 0 Å². The Balaban J connectivity index is 1.69. The largest absolute Gasteiger partial charge is 0.384 e. The molecule has 2 N–H and O–H groups in total. The van der Waals surface area contributed by atoms with Crippen molar-refractivity contribution in [3.8, 4) is 11.8 Å². The maximum Gasteiger partial charge on any atom is 0.322 e. The van der Waals surface area contributed by atoms with Crippen LogP contribution in [-0.2, 0) is 6.42 Å². The van der Waals surface area contributed by atoms with Gasteiger partial charge in [-0.1, -0.05) is 35.0 Å². The molecular weight excluding hydrogens is 423 g/mol. The zero-order valence-corrected chi connectivity index (χ0v) is 16.5. The number of pyridine rings is 1. The zero-order chi connectivity index (χ0) is 20.7. The number of halogens is 4. The van der Waals surface area contributed by atoms with Crippen molar-refractivity contribution in [2.24, 2.45) is 0 Å². The number of aliphatic hydroxyl groups is 1. The molecule has 9 heteroatoms. The number of carbonyl (C=O) groups is 1. The predicted molar refractivity (Wildman–Crippen MR) is 105 cm³/mol. The summed E-state index contributed by atoms with van der Waals surface area (Å²) >= 11 is 11.7. The quantitative estimate of drug-likeness (QED) is 0.397. The smallest absolute Gasteiger partial charge is 0.322 e. The number of nitrogens with zero attached hydrogens (tertiary/aromatic N) is 2. The fraction of sp³-hybridized carbons (Fsp3) is 0.300. The van der Waals surface area contributed by atoms with Gasteiger partial charge in [0.05, 0.1) is 21.8 Å². The Labute approximate surface area is 175 Å². The third kappa shape index (κ3) is 3.52. The topological polar surface area (TPSA) is 65.5 Å². The van der Waals surface area contributed by atoms with Crippen LogP contribution in [0.25, 0.3) is 0 Å². The Bertz CT molecular complexity index is 1070. The molecule has 150 valence electrons. The van der Waals surface area contributed by atoms with E-state index in [0.717, 1.165) is 6.07 Å². The molecule has 0 saturated carbocycles. The molecule has 2 aromatic rings. The summed E-state index contributed by atoms with van der Waals surface area (Å²) in [6, 6.07) is 1.10. The first-order valence-corrected chi connectivity index (χ1v) is 9.67. The summed E-state index contributed by atoms with van der Waals surface area (Å²) < 4.78 is 28.5. The lowest BCUT2D eigenvalue weighted by atomic mass is 9.91. The summed E-state index contributed by atoms with van der Waals surface area (Å²) in [5, 5.41) is 11.7. The van der Waals surface area contributed by atoms with Gasteiger partial charge in [-0.15, -0.1) is 0 Å². The molecule has 2 bridgehead atoms. The van der Waals surface area contributed by atoms with Crippen molar-refractivity contribution >= 4 is 34.9 Å². The maximum atomic E-state index is 14.4. The second kappa shape index (κ2) is 7.79. The van der Waals surface area contributed by atoms with Crippen molar-refractivity contribution in [1.82, 2.24) is 9.88 Å². The van der Waals surface area contributed by atoms with Gasteiger partial charge in [0.15, 0.2) is 0 Å². The monoisotopic (exact) mass is 437 g/mol. The van der Waals surface area contributed by atoms with E-state index in [1.165, 1.54) is 12.3 Å². The standard InChI is InChI=1S/C20H15Cl2F2N3O2/c21-13-7-15(23)16(8-14(13)22)26-20(29)27-11-3-4-17(27)18-10(2-1-5-28)9-25-19(24)12(18)6-11/h7-9,11,17,28H,3-6H2,(H,26,29)/t11-,17?/m0/s1. The highest BCUT2D eigenvalue weighted by atomic mass is 35.5. The highest BCUT2D eigenvalue weighted by Crippen LogP contribution is 2.45. The number of urea groups is 1. The summed E-state index contributed by atoms with van der Waals surface area (Å²) in [6.45, 7) is -0.347. The SMILES string of the molecule is O=C(Nc1cc(Cl)c(Cl)cc1F)N1C2CC[C@H]1Cc1c(F)ncc(C#CCO)c12. The number of anilines is 1. The molecule has 29 heavy (non-hydrogen) atoms. The first-order chi connectivity index (χ1) is 13.9. The number of fused-ring (bicyclic) bond motifs is 4. The number of rotatable bonds is 1. The van der Waals surface area contributed by atoms with Crippen LogP contribution < -0.4 is 5.32 Å². The van der Waals surface area contributed by atoms with Crippen molar-refractivity contribution < 1.29 is 18.7 Å². The molecule has 0 aliphatic carbocycles. The molecule has 2 aliphatic heterocycles. The van der Waals surface area contributed by atoms with Crippen molar-refractivity contribution in [2.75, 3.05) is 11.9 Å².